The molecular weight excluding hydrogens is 172 g/mol. The second-order valence-electron chi connectivity index (χ2n) is 3.75. The van der Waals surface area contributed by atoms with Gasteiger partial charge in [0.1, 0.15) is 0 Å². The number of rotatable bonds is 0. The van der Waals surface area contributed by atoms with Crippen LogP contribution in [-0.4, -0.2) is 5.78 Å². The summed E-state index contributed by atoms with van der Waals surface area (Å²) in [7, 11) is 0. The van der Waals surface area contributed by atoms with Crippen molar-refractivity contribution in [1.29, 1.82) is 0 Å². The predicted molar refractivity (Wildman–Crippen MR) is 57.5 cm³/mol. The van der Waals surface area contributed by atoms with Gasteiger partial charge in [-0.1, -0.05) is 38.0 Å². The van der Waals surface area contributed by atoms with Crippen molar-refractivity contribution < 1.29 is 13.0 Å². The zero-order chi connectivity index (χ0) is 15.2. The summed E-state index contributed by atoms with van der Waals surface area (Å²) < 4.78 is 45.9. The second-order valence-corrected chi connectivity index (χ2v) is 3.75. The van der Waals surface area contributed by atoms with Crippen LogP contribution in [0.1, 0.15) is 50.7 Å². The summed E-state index contributed by atoms with van der Waals surface area (Å²) in [5.41, 5.74) is -1.34. The third-order valence-corrected chi connectivity index (χ3v) is 2.65. The van der Waals surface area contributed by atoms with E-state index in [0.717, 1.165) is 5.56 Å². The molecule has 2 rings (SSSR count). The van der Waals surface area contributed by atoms with E-state index in [-0.39, 0.29) is 12.0 Å². The van der Waals surface area contributed by atoms with E-state index in [1.54, 1.807) is 18.2 Å². The Hall–Kier alpha value is -1.11. The van der Waals surface area contributed by atoms with Gasteiger partial charge in [0.25, 0.3) is 0 Å². The molecule has 0 radical (unpaired) electrons. The van der Waals surface area contributed by atoms with Gasteiger partial charge in [-0.15, -0.1) is 0 Å². The molecule has 1 aliphatic rings. The Morgan fingerprint density at radius 1 is 1.36 bits per heavy atom. The fourth-order valence-corrected chi connectivity index (χ4v) is 1.85. The van der Waals surface area contributed by atoms with Gasteiger partial charge in [0.2, 0.25) is 0 Å². The molecule has 1 aromatic rings. The van der Waals surface area contributed by atoms with Crippen molar-refractivity contribution in [2.75, 3.05) is 0 Å². The smallest absolute Gasteiger partial charge is 0.168 e. The van der Waals surface area contributed by atoms with Gasteiger partial charge in [0.05, 0.1) is 0 Å². The molecule has 1 aliphatic carbocycles. The Bertz CT molecular complexity index is 514. The lowest BCUT2D eigenvalue weighted by molar-refractivity contribution is 0.0830. The summed E-state index contributed by atoms with van der Waals surface area (Å²) in [6.07, 6.45) is 0.753. The summed E-state index contributed by atoms with van der Waals surface area (Å²) in [6, 6.07) is 6.67. The van der Waals surface area contributed by atoms with E-state index in [9.17, 15) is 4.79 Å². The van der Waals surface area contributed by atoms with Crippen molar-refractivity contribution in [3.63, 3.8) is 0 Å². The highest BCUT2D eigenvalue weighted by atomic mass is 16.1. The number of aryl methyl sites for hydroxylation is 1. The SMILES string of the molecule is [2H]C([2H])([2H])C1(C([2H])([2H])[2H])CCCc2ccccc2C1=O. The molecule has 0 fully saturated rings. The van der Waals surface area contributed by atoms with Crippen LogP contribution in [0, 0.1) is 5.41 Å². The van der Waals surface area contributed by atoms with Crippen molar-refractivity contribution >= 4 is 5.78 Å². The minimum absolute atomic E-state index is 0.145. The number of hydrogen-bond donors (Lipinski definition) is 0. The first kappa shape index (κ1) is 4.61. The lowest BCUT2D eigenvalue weighted by Crippen LogP contribution is -2.23. The van der Waals surface area contributed by atoms with Crippen LogP contribution in [0.2, 0.25) is 0 Å². The van der Waals surface area contributed by atoms with Crippen molar-refractivity contribution in [3.8, 4) is 0 Å². The van der Waals surface area contributed by atoms with E-state index in [0.29, 0.717) is 12.8 Å². The van der Waals surface area contributed by atoms with E-state index in [4.69, 9.17) is 8.22 Å². The number of carbonyl (C=O) groups is 1. The van der Waals surface area contributed by atoms with Crippen LogP contribution >= 0.6 is 0 Å². The monoisotopic (exact) mass is 194 g/mol. The highest BCUT2D eigenvalue weighted by Crippen LogP contribution is 2.33. The number of fused-ring (bicyclic) bond motifs is 1. The van der Waals surface area contributed by atoms with Gasteiger partial charge in [-0.05, 0) is 24.8 Å². The zero-order valence-electron chi connectivity index (χ0n) is 13.8. The van der Waals surface area contributed by atoms with Crippen LogP contribution < -0.4 is 0 Å². The maximum Gasteiger partial charge on any atom is 0.168 e. The molecule has 0 spiro atoms. The van der Waals surface area contributed by atoms with Gasteiger partial charge >= 0.3 is 0 Å². The van der Waals surface area contributed by atoms with E-state index < -0.39 is 24.9 Å². The molecule has 0 bridgehead atoms. The van der Waals surface area contributed by atoms with Crippen molar-refractivity contribution in [1.82, 2.24) is 0 Å². The molecule has 0 aliphatic heterocycles. The largest absolute Gasteiger partial charge is 0.294 e. The number of Topliss-reactive ketones (excluding diaryl/α,β-unsaturated/α-hetero) is 1. The molecule has 0 unspecified atom stereocenters. The number of benzene rings is 1. The van der Waals surface area contributed by atoms with Gasteiger partial charge in [0.15, 0.2) is 5.78 Å². The Morgan fingerprint density at radius 3 is 2.93 bits per heavy atom. The Kier molecular flexibility index (Phi) is 1.06. The Morgan fingerprint density at radius 2 is 2.14 bits per heavy atom. The molecule has 0 atom stereocenters. The molecule has 0 N–H and O–H groups in total. The van der Waals surface area contributed by atoms with Crippen LogP contribution in [0.5, 0.6) is 0 Å². The Balaban J connectivity index is 2.69. The molecule has 14 heavy (non-hydrogen) atoms. The number of hydrogen-bond acceptors (Lipinski definition) is 1. The van der Waals surface area contributed by atoms with Crippen LogP contribution in [0.4, 0.5) is 0 Å². The molecule has 1 nitrogen and oxygen atoms in total. The quantitative estimate of drug-likeness (QED) is 0.579. The molecule has 0 heterocycles. The van der Waals surface area contributed by atoms with Crippen LogP contribution in [0.3, 0.4) is 0 Å². The Labute approximate surface area is 93.6 Å². The summed E-state index contributed by atoms with van der Waals surface area (Å²) in [5.74, 6) is -0.773. The molecule has 1 aromatic carbocycles. The predicted octanol–water partition coefficient (Wildman–Crippen LogP) is 3.23. The summed E-state index contributed by atoms with van der Waals surface area (Å²) in [4.78, 5) is 12.7. The third-order valence-electron chi connectivity index (χ3n) is 2.65. The summed E-state index contributed by atoms with van der Waals surface area (Å²) in [5, 5.41) is 0. The first-order valence-corrected chi connectivity index (χ1v) is 4.74. The molecular formula is C13H16O. The average molecular weight is 194 g/mol. The molecule has 0 aromatic heterocycles. The van der Waals surface area contributed by atoms with Gasteiger partial charge in [-0.3, -0.25) is 4.79 Å². The topological polar surface area (TPSA) is 17.1 Å². The maximum atomic E-state index is 12.7. The summed E-state index contributed by atoms with van der Waals surface area (Å²) >= 11 is 0. The standard InChI is InChI=1S/C13H16O/c1-13(2)9-5-7-10-6-3-4-8-11(10)12(13)14/h3-4,6,8H,5,7,9H2,1-2H3/i1D3,2D3. The minimum atomic E-state index is -2.85. The fraction of sp³-hybridized carbons (Fsp3) is 0.462. The molecule has 0 saturated carbocycles. The lowest BCUT2D eigenvalue weighted by atomic mass is 9.82. The highest BCUT2D eigenvalue weighted by molar-refractivity contribution is 6.01. The van der Waals surface area contributed by atoms with Crippen molar-refractivity contribution in [2.45, 2.75) is 33.0 Å². The first-order chi connectivity index (χ1) is 9.11. The van der Waals surface area contributed by atoms with Crippen molar-refractivity contribution in [3.05, 3.63) is 35.4 Å². The lowest BCUT2D eigenvalue weighted by Gasteiger charge is -2.20. The number of ketones is 1. The van der Waals surface area contributed by atoms with E-state index in [1.165, 1.54) is 6.07 Å². The van der Waals surface area contributed by atoms with Gasteiger partial charge in [-0.2, -0.15) is 0 Å². The van der Waals surface area contributed by atoms with Crippen molar-refractivity contribution in [2.24, 2.45) is 5.41 Å². The molecule has 1 heteroatoms. The molecule has 74 valence electrons. The maximum absolute atomic E-state index is 12.7. The fourth-order valence-electron chi connectivity index (χ4n) is 1.85. The summed E-state index contributed by atoms with van der Waals surface area (Å²) in [6.45, 7) is -5.71. The molecule has 0 amide bonds. The average Bonchev–Trinajstić information content (AvgIpc) is 2.46. The van der Waals surface area contributed by atoms with Crippen LogP contribution in [0.15, 0.2) is 24.3 Å². The van der Waals surface area contributed by atoms with E-state index >= 15 is 0 Å². The number of carbonyl (C=O) groups excluding carboxylic acids is 1. The first-order valence-electron chi connectivity index (χ1n) is 7.74. The molecule has 0 saturated heterocycles. The van der Waals surface area contributed by atoms with Gasteiger partial charge in [-0.25, -0.2) is 0 Å². The minimum Gasteiger partial charge on any atom is -0.294 e. The highest BCUT2D eigenvalue weighted by Gasteiger charge is 2.31. The van der Waals surface area contributed by atoms with E-state index in [2.05, 4.69) is 0 Å². The second kappa shape index (κ2) is 3.23. The van der Waals surface area contributed by atoms with Gasteiger partial charge in [0, 0.05) is 19.2 Å². The van der Waals surface area contributed by atoms with Crippen LogP contribution in [0.25, 0.3) is 0 Å². The van der Waals surface area contributed by atoms with Gasteiger partial charge < -0.3 is 0 Å². The third kappa shape index (κ3) is 1.47. The normalized spacial score (nSPS) is 28.1. The zero-order valence-corrected chi connectivity index (χ0v) is 7.84. The van der Waals surface area contributed by atoms with E-state index in [1.807, 2.05) is 0 Å². The van der Waals surface area contributed by atoms with Crippen LogP contribution in [-0.2, 0) is 6.42 Å².